The molecule has 2 aromatic carbocycles. The van der Waals surface area contributed by atoms with Crippen molar-refractivity contribution in [2.45, 2.75) is 32.7 Å². The lowest BCUT2D eigenvalue weighted by Gasteiger charge is -2.15. The van der Waals surface area contributed by atoms with Gasteiger partial charge in [-0.05, 0) is 19.4 Å². The van der Waals surface area contributed by atoms with Crippen LogP contribution in [0, 0.1) is 0 Å². The Morgan fingerprint density at radius 2 is 1.96 bits per heavy atom. The minimum Gasteiger partial charge on any atom is -0.506 e. The first-order valence-electron chi connectivity index (χ1n) is 7.80. The van der Waals surface area contributed by atoms with Gasteiger partial charge in [0.05, 0.1) is 11.6 Å². The van der Waals surface area contributed by atoms with Crippen molar-refractivity contribution in [3.63, 3.8) is 0 Å². The molecule has 0 radical (unpaired) electrons. The van der Waals surface area contributed by atoms with Gasteiger partial charge in [-0.1, -0.05) is 42.8 Å². The van der Waals surface area contributed by atoms with Gasteiger partial charge in [0, 0.05) is 22.2 Å². The third-order valence-electron chi connectivity index (χ3n) is 3.54. The highest BCUT2D eigenvalue weighted by Gasteiger charge is 2.18. The topological polar surface area (TPSA) is 75.6 Å². The molecule has 1 atom stereocenters. The van der Waals surface area contributed by atoms with Crippen LogP contribution in [0.3, 0.4) is 0 Å². The highest BCUT2D eigenvalue weighted by atomic mass is 35.5. The van der Waals surface area contributed by atoms with Crippen molar-refractivity contribution < 1.29 is 19.4 Å². The number of phenolic OH excluding ortho intramolecular Hbond substituents is 1. The van der Waals surface area contributed by atoms with Crippen molar-refractivity contribution in [2.24, 2.45) is 0 Å². The number of hydrogen-bond acceptors (Lipinski definition) is 4. The number of phenols is 1. The lowest BCUT2D eigenvalue weighted by molar-refractivity contribution is -0.144. The summed E-state index contributed by atoms with van der Waals surface area (Å²) in [6.45, 7) is 3.68. The fraction of sp³-hybridized carbons (Fsp3) is 0.333. The highest BCUT2D eigenvalue weighted by molar-refractivity contribution is 6.36. The maximum Gasteiger partial charge on any atom is 0.305 e. The molecular weight excluding hydrogens is 330 g/mol. The zero-order valence-corrected chi connectivity index (χ0v) is 14.4. The zero-order chi connectivity index (χ0) is 17.7. The SMILES string of the molecule is CCCC(=O)OCC(C)NC(=O)c1cc(Cl)c2ccccc2c1O. The Morgan fingerprint density at radius 3 is 2.62 bits per heavy atom. The molecule has 5 nitrogen and oxygen atoms in total. The Hall–Kier alpha value is -2.27. The van der Waals surface area contributed by atoms with Crippen molar-refractivity contribution in [3.05, 3.63) is 40.9 Å². The first-order chi connectivity index (χ1) is 11.4. The van der Waals surface area contributed by atoms with Gasteiger partial charge in [0.25, 0.3) is 5.91 Å². The number of carbonyl (C=O) groups is 2. The van der Waals surface area contributed by atoms with Gasteiger partial charge in [0.1, 0.15) is 12.4 Å². The number of esters is 1. The number of benzene rings is 2. The van der Waals surface area contributed by atoms with Gasteiger partial charge >= 0.3 is 5.97 Å². The van der Waals surface area contributed by atoms with E-state index >= 15 is 0 Å². The highest BCUT2D eigenvalue weighted by Crippen LogP contribution is 2.34. The van der Waals surface area contributed by atoms with E-state index in [-0.39, 0.29) is 29.9 Å². The van der Waals surface area contributed by atoms with Crippen LogP contribution in [0.4, 0.5) is 0 Å². The Labute approximate surface area is 145 Å². The summed E-state index contributed by atoms with van der Waals surface area (Å²) in [5.74, 6) is -0.892. The number of nitrogens with one attached hydrogen (secondary N) is 1. The molecule has 0 heterocycles. The summed E-state index contributed by atoms with van der Waals surface area (Å²) in [6, 6.07) is 8.08. The lowest BCUT2D eigenvalue weighted by Crippen LogP contribution is -2.36. The molecule has 0 saturated heterocycles. The van der Waals surface area contributed by atoms with Crippen molar-refractivity contribution in [1.82, 2.24) is 5.32 Å². The molecule has 128 valence electrons. The predicted octanol–water partition coefficient (Wildman–Crippen LogP) is 3.66. The number of carbonyl (C=O) groups excluding carboxylic acids is 2. The van der Waals surface area contributed by atoms with Gasteiger partial charge in [0.15, 0.2) is 0 Å². The smallest absolute Gasteiger partial charge is 0.305 e. The van der Waals surface area contributed by atoms with Crippen LogP contribution in [0.1, 0.15) is 37.0 Å². The molecule has 0 aliphatic rings. The molecule has 6 heteroatoms. The molecule has 0 aliphatic heterocycles. The van der Waals surface area contributed by atoms with Crippen LogP contribution in [-0.4, -0.2) is 29.6 Å². The Morgan fingerprint density at radius 1 is 1.29 bits per heavy atom. The second kappa shape index (κ2) is 8.02. The average molecular weight is 350 g/mol. The number of fused-ring (bicyclic) bond motifs is 1. The summed E-state index contributed by atoms with van der Waals surface area (Å²) in [5, 5.41) is 14.6. The fourth-order valence-electron chi connectivity index (χ4n) is 2.33. The predicted molar refractivity (Wildman–Crippen MR) is 93.4 cm³/mol. The molecule has 0 bridgehead atoms. The Balaban J connectivity index is 2.11. The van der Waals surface area contributed by atoms with Gasteiger partial charge in [0.2, 0.25) is 0 Å². The van der Waals surface area contributed by atoms with Crippen LogP contribution < -0.4 is 5.32 Å². The fourth-order valence-corrected chi connectivity index (χ4v) is 2.60. The number of amides is 1. The largest absolute Gasteiger partial charge is 0.506 e. The standard InChI is InChI=1S/C18H20ClNO4/c1-3-6-16(21)24-10-11(2)20-18(23)14-9-15(19)12-7-4-5-8-13(12)17(14)22/h4-5,7-9,11,22H,3,6,10H2,1-2H3,(H,20,23). The minimum absolute atomic E-state index is 0.0760. The summed E-state index contributed by atoms with van der Waals surface area (Å²) in [7, 11) is 0. The van der Waals surface area contributed by atoms with E-state index in [0.29, 0.717) is 28.6 Å². The number of aromatic hydroxyl groups is 1. The third kappa shape index (κ3) is 4.17. The van der Waals surface area contributed by atoms with E-state index < -0.39 is 5.91 Å². The molecule has 0 saturated carbocycles. The minimum atomic E-state index is -0.473. The van der Waals surface area contributed by atoms with Gasteiger partial charge < -0.3 is 15.2 Å². The summed E-state index contributed by atoms with van der Waals surface area (Å²) >= 11 is 6.19. The van der Waals surface area contributed by atoms with Crippen LogP contribution in [0.5, 0.6) is 5.75 Å². The molecule has 0 fully saturated rings. The molecule has 0 aliphatic carbocycles. The Bertz CT molecular complexity index is 760. The van der Waals surface area contributed by atoms with E-state index in [1.807, 2.05) is 6.92 Å². The Kier molecular flexibility index (Phi) is 6.04. The molecule has 2 aromatic rings. The van der Waals surface area contributed by atoms with Crippen LogP contribution in [0.25, 0.3) is 10.8 Å². The van der Waals surface area contributed by atoms with Gasteiger partial charge in [-0.2, -0.15) is 0 Å². The molecule has 2 N–H and O–H groups in total. The summed E-state index contributed by atoms with van der Waals surface area (Å²) in [5.41, 5.74) is 0.0884. The molecular formula is C18H20ClNO4. The van der Waals surface area contributed by atoms with Gasteiger partial charge in [-0.25, -0.2) is 0 Å². The van der Waals surface area contributed by atoms with Gasteiger partial charge in [-0.3, -0.25) is 9.59 Å². The monoisotopic (exact) mass is 349 g/mol. The maximum absolute atomic E-state index is 12.4. The summed E-state index contributed by atoms with van der Waals surface area (Å²) in [4.78, 5) is 23.7. The van der Waals surface area contributed by atoms with E-state index in [2.05, 4.69) is 5.32 Å². The van der Waals surface area contributed by atoms with Crippen molar-refractivity contribution in [2.75, 3.05) is 6.61 Å². The first-order valence-corrected chi connectivity index (χ1v) is 8.18. The van der Waals surface area contributed by atoms with E-state index in [1.165, 1.54) is 6.07 Å². The van der Waals surface area contributed by atoms with Crippen LogP contribution in [0.15, 0.2) is 30.3 Å². The quantitative estimate of drug-likeness (QED) is 0.780. The van der Waals surface area contributed by atoms with Crippen molar-refractivity contribution in [1.29, 1.82) is 0 Å². The second-order valence-corrected chi connectivity index (χ2v) is 6.01. The molecule has 2 rings (SSSR count). The lowest BCUT2D eigenvalue weighted by atomic mass is 10.0. The first kappa shape index (κ1) is 18.1. The van der Waals surface area contributed by atoms with E-state index in [4.69, 9.17) is 16.3 Å². The number of rotatable bonds is 6. The van der Waals surface area contributed by atoms with Crippen LogP contribution in [-0.2, 0) is 9.53 Å². The van der Waals surface area contributed by atoms with Gasteiger partial charge in [-0.15, -0.1) is 0 Å². The summed E-state index contributed by atoms with van der Waals surface area (Å²) < 4.78 is 5.06. The molecule has 24 heavy (non-hydrogen) atoms. The van der Waals surface area contributed by atoms with Crippen LogP contribution >= 0.6 is 11.6 Å². The second-order valence-electron chi connectivity index (χ2n) is 5.61. The third-order valence-corrected chi connectivity index (χ3v) is 3.85. The van der Waals surface area contributed by atoms with Crippen LogP contribution in [0.2, 0.25) is 5.02 Å². The van der Waals surface area contributed by atoms with Crippen molar-refractivity contribution in [3.8, 4) is 5.75 Å². The molecule has 1 unspecified atom stereocenters. The molecule has 0 aromatic heterocycles. The number of ether oxygens (including phenoxy) is 1. The zero-order valence-electron chi connectivity index (χ0n) is 13.6. The summed E-state index contributed by atoms with van der Waals surface area (Å²) in [6.07, 6.45) is 1.06. The van der Waals surface area contributed by atoms with E-state index in [1.54, 1.807) is 31.2 Å². The number of hydrogen-bond donors (Lipinski definition) is 2. The molecule has 1 amide bonds. The molecule has 0 spiro atoms. The average Bonchev–Trinajstić information content (AvgIpc) is 2.56. The maximum atomic E-state index is 12.4. The van der Waals surface area contributed by atoms with Crippen molar-refractivity contribution >= 4 is 34.2 Å². The number of halogens is 1. The van der Waals surface area contributed by atoms with E-state index in [9.17, 15) is 14.7 Å². The van der Waals surface area contributed by atoms with E-state index in [0.717, 1.165) is 0 Å². The normalized spacial score (nSPS) is 12.0.